The van der Waals surface area contributed by atoms with Gasteiger partial charge in [0.25, 0.3) is 0 Å². The van der Waals surface area contributed by atoms with Gasteiger partial charge in [0.2, 0.25) is 5.91 Å². The summed E-state index contributed by atoms with van der Waals surface area (Å²) >= 11 is 0. The van der Waals surface area contributed by atoms with Crippen molar-refractivity contribution >= 4 is 5.91 Å². The Morgan fingerprint density at radius 3 is 2.14 bits per heavy atom. The number of nitrogens with zero attached hydrogens (tertiary/aromatic N) is 1. The van der Waals surface area contributed by atoms with Crippen LogP contribution in [0.15, 0.2) is 0 Å². The third-order valence-electron chi connectivity index (χ3n) is 2.79. The zero-order chi connectivity index (χ0) is 10.2. The molecule has 0 spiro atoms. The molecule has 1 amide bonds. The van der Waals surface area contributed by atoms with E-state index in [0.29, 0.717) is 5.91 Å². The largest absolute Gasteiger partial charge is 0.339 e. The maximum Gasteiger partial charge on any atom is 0.222 e. The van der Waals surface area contributed by atoms with Gasteiger partial charge in [0.1, 0.15) is 0 Å². The van der Waals surface area contributed by atoms with Crippen molar-refractivity contribution in [2.75, 3.05) is 13.1 Å². The fourth-order valence-corrected chi connectivity index (χ4v) is 1.69. The first kappa shape index (κ1) is 11.5. The standard InChI is InChI=1S/C12H23NO/c1-2-3-4-5-6-7-8-9-12(14)13-10-11-13/h2-11H2,1H3. The molecule has 82 valence electrons. The summed E-state index contributed by atoms with van der Waals surface area (Å²) in [5.41, 5.74) is 0. The summed E-state index contributed by atoms with van der Waals surface area (Å²) in [6, 6.07) is 0. The molecule has 1 rings (SSSR count). The summed E-state index contributed by atoms with van der Waals surface area (Å²) in [5, 5.41) is 0. The van der Waals surface area contributed by atoms with Crippen LogP contribution in [0.1, 0.15) is 58.3 Å². The van der Waals surface area contributed by atoms with E-state index in [1.54, 1.807) is 0 Å². The molecule has 0 bridgehead atoms. The highest BCUT2D eigenvalue weighted by Gasteiger charge is 2.22. The van der Waals surface area contributed by atoms with Crippen LogP contribution in [0, 0.1) is 0 Å². The van der Waals surface area contributed by atoms with Crippen LogP contribution < -0.4 is 0 Å². The minimum absolute atomic E-state index is 0.374. The van der Waals surface area contributed by atoms with E-state index < -0.39 is 0 Å². The van der Waals surface area contributed by atoms with Gasteiger partial charge in [-0.05, 0) is 6.42 Å². The van der Waals surface area contributed by atoms with Gasteiger partial charge in [-0.1, -0.05) is 45.4 Å². The molecule has 1 aliphatic heterocycles. The molecule has 2 nitrogen and oxygen atoms in total. The molecule has 1 fully saturated rings. The number of unbranched alkanes of at least 4 members (excludes halogenated alkanes) is 6. The van der Waals surface area contributed by atoms with Crippen molar-refractivity contribution in [3.05, 3.63) is 0 Å². The van der Waals surface area contributed by atoms with E-state index in [0.717, 1.165) is 25.9 Å². The predicted octanol–water partition coefficient (Wildman–Crippen LogP) is 2.97. The Morgan fingerprint density at radius 2 is 1.57 bits per heavy atom. The van der Waals surface area contributed by atoms with Crippen LogP contribution >= 0.6 is 0 Å². The normalized spacial score (nSPS) is 14.5. The molecule has 0 saturated carbocycles. The summed E-state index contributed by atoms with van der Waals surface area (Å²) in [7, 11) is 0. The smallest absolute Gasteiger partial charge is 0.222 e. The first-order chi connectivity index (χ1) is 6.84. The Hall–Kier alpha value is -0.530. The first-order valence-corrected chi connectivity index (χ1v) is 6.12. The van der Waals surface area contributed by atoms with E-state index in [4.69, 9.17) is 0 Å². The number of hydrogen-bond donors (Lipinski definition) is 0. The van der Waals surface area contributed by atoms with E-state index in [2.05, 4.69) is 6.92 Å². The molecule has 14 heavy (non-hydrogen) atoms. The molecule has 0 aromatic rings. The van der Waals surface area contributed by atoms with Crippen LogP contribution in [0.5, 0.6) is 0 Å². The Morgan fingerprint density at radius 1 is 1.00 bits per heavy atom. The molecule has 1 aliphatic rings. The molecule has 1 saturated heterocycles. The molecule has 0 aromatic carbocycles. The highest BCUT2D eigenvalue weighted by atomic mass is 16.2. The van der Waals surface area contributed by atoms with Gasteiger partial charge in [0.05, 0.1) is 0 Å². The maximum absolute atomic E-state index is 11.3. The third-order valence-corrected chi connectivity index (χ3v) is 2.79. The van der Waals surface area contributed by atoms with Gasteiger partial charge in [0, 0.05) is 19.5 Å². The number of hydrogen-bond acceptors (Lipinski definition) is 1. The lowest BCUT2D eigenvalue weighted by Crippen LogP contribution is -2.09. The molecule has 0 atom stereocenters. The fraction of sp³-hybridized carbons (Fsp3) is 0.917. The van der Waals surface area contributed by atoms with E-state index in [-0.39, 0.29) is 0 Å². The summed E-state index contributed by atoms with van der Waals surface area (Å²) in [6.07, 6.45) is 9.84. The van der Waals surface area contributed by atoms with E-state index in [1.165, 1.54) is 38.5 Å². The zero-order valence-electron chi connectivity index (χ0n) is 9.43. The minimum Gasteiger partial charge on any atom is -0.339 e. The van der Waals surface area contributed by atoms with Gasteiger partial charge in [-0.3, -0.25) is 4.79 Å². The first-order valence-electron chi connectivity index (χ1n) is 6.12. The molecule has 0 aliphatic carbocycles. The number of rotatable bonds is 8. The average molecular weight is 197 g/mol. The van der Waals surface area contributed by atoms with Crippen molar-refractivity contribution in [1.82, 2.24) is 4.90 Å². The van der Waals surface area contributed by atoms with Gasteiger partial charge in [-0.2, -0.15) is 0 Å². The van der Waals surface area contributed by atoms with Crippen LogP contribution in [-0.4, -0.2) is 23.9 Å². The highest BCUT2D eigenvalue weighted by molar-refractivity contribution is 5.78. The van der Waals surface area contributed by atoms with E-state index in [9.17, 15) is 4.79 Å². The van der Waals surface area contributed by atoms with Crippen LogP contribution in [0.25, 0.3) is 0 Å². The van der Waals surface area contributed by atoms with Crippen LogP contribution in [-0.2, 0) is 4.79 Å². The van der Waals surface area contributed by atoms with Gasteiger partial charge < -0.3 is 4.90 Å². The zero-order valence-corrected chi connectivity index (χ0v) is 9.43. The average Bonchev–Trinajstić information content (AvgIpc) is 2.99. The third kappa shape index (κ3) is 5.25. The Balaban J connectivity index is 1.77. The van der Waals surface area contributed by atoms with Gasteiger partial charge in [0.15, 0.2) is 0 Å². The second-order valence-electron chi connectivity index (χ2n) is 4.25. The second-order valence-corrected chi connectivity index (χ2v) is 4.25. The molecular formula is C12H23NO. The molecule has 0 N–H and O–H groups in total. The summed E-state index contributed by atoms with van der Waals surface area (Å²) in [5.74, 6) is 0.374. The van der Waals surface area contributed by atoms with Crippen LogP contribution in [0.2, 0.25) is 0 Å². The van der Waals surface area contributed by atoms with Gasteiger partial charge in [-0.15, -0.1) is 0 Å². The molecule has 0 unspecified atom stereocenters. The lowest BCUT2D eigenvalue weighted by atomic mass is 10.1. The van der Waals surface area contributed by atoms with Crippen molar-refractivity contribution in [1.29, 1.82) is 0 Å². The lowest BCUT2D eigenvalue weighted by molar-refractivity contribution is -0.125. The summed E-state index contributed by atoms with van der Waals surface area (Å²) in [6.45, 7) is 4.26. The van der Waals surface area contributed by atoms with Gasteiger partial charge >= 0.3 is 0 Å². The predicted molar refractivity (Wildman–Crippen MR) is 59.2 cm³/mol. The Labute approximate surface area is 87.7 Å². The number of carbonyl (C=O) groups is 1. The van der Waals surface area contributed by atoms with Crippen molar-refractivity contribution in [2.45, 2.75) is 58.3 Å². The SMILES string of the molecule is CCCCCCCCCC(=O)N1CC1. The molecular weight excluding hydrogens is 174 g/mol. The maximum atomic E-state index is 11.3. The topological polar surface area (TPSA) is 20.1 Å². The quantitative estimate of drug-likeness (QED) is 0.432. The Kier molecular flexibility index (Phi) is 5.65. The van der Waals surface area contributed by atoms with Crippen LogP contribution in [0.3, 0.4) is 0 Å². The Bertz CT molecular complexity index is 164. The minimum atomic E-state index is 0.374. The van der Waals surface area contributed by atoms with Crippen molar-refractivity contribution in [2.24, 2.45) is 0 Å². The van der Waals surface area contributed by atoms with Crippen molar-refractivity contribution < 1.29 is 4.79 Å². The summed E-state index contributed by atoms with van der Waals surface area (Å²) in [4.78, 5) is 13.2. The second kappa shape index (κ2) is 6.86. The molecule has 0 radical (unpaired) electrons. The molecule has 1 heterocycles. The highest BCUT2D eigenvalue weighted by Crippen LogP contribution is 2.12. The number of carbonyl (C=O) groups excluding carboxylic acids is 1. The monoisotopic (exact) mass is 197 g/mol. The van der Waals surface area contributed by atoms with Gasteiger partial charge in [-0.25, -0.2) is 0 Å². The van der Waals surface area contributed by atoms with E-state index in [1.807, 2.05) is 4.90 Å². The fourth-order valence-electron chi connectivity index (χ4n) is 1.69. The summed E-state index contributed by atoms with van der Waals surface area (Å²) < 4.78 is 0. The van der Waals surface area contributed by atoms with Crippen molar-refractivity contribution in [3.8, 4) is 0 Å². The van der Waals surface area contributed by atoms with Crippen molar-refractivity contribution in [3.63, 3.8) is 0 Å². The van der Waals surface area contributed by atoms with E-state index >= 15 is 0 Å². The number of amides is 1. The lowest BCUT2D eigenvalue weighted by Gasteiger charge is -2.01. The van der Waals surface area contributed by atoms with Crippen LogP contribution in [0.4, 0.5) is 0 Å². The molecule has 2 heteroatoms. The molecule has 0 aromatic heterocycles.